The van der Waals surface area contributed by atoms with Crippen LogP contribution in [-0.2, 0) is 33.9 Å². The first kappa shape index (κ1) is 34.9. The number of nitrogens with one attached hydrogen (secondary N) is 3. The van der Waals surface area contributed by atoms with Crippen molar-refractivity contribution >= 4 is 39.8 Å². The number of nitrogens with zero attached hydrogens (tertiary/aromatic N) is 1. The molecule has 0 unspecified atom stereocenters. The van der Waals surface area contributed by atoms with Crippen LogP contribution in [0.2, 0.25) is 0 Å². The fourth-order valence-electron chi connectivity index (χ4n) is 5.43. The average Bonchev–Trinajstić information content (AvgIpc) is 3.87. The number of sulfonamides is 1. The van der Waals surface area contributed by atoms with Crippen molar-refractivity contribution in [1.29, 1.82) is 0 Å². The summed E-state index contributed by atoms with van der Waals surface area (Å²) in [6.45, 7) is 13.8. The molecule has 14 heteroatoms. The Morgan fingerprint density at radius 3 is 2.20 bits per heavy atom. The second-order valence-corrected chi connectivity index (χ2v) is 16.2. The van der Waals surface area contributed by atoms with Gasteiger partial charge in [-0.3, -0.25) is 19.1 Å². The molecular formula is C32H44N4O9S. The number of carbonyl (C=O) groups is 5. The number of esters is 1. The van der Waals surface area contributed by atoms with Crippen LogP contribution in [0.25, 0.3) is 0 Å². The van der Waals surface area contributed by atoms with Crippen molar-refractivity contribution in [2.24, 2.45) is 11.3 Å². The van der Waals surface area contributed by atoms with E-state index >= 15 is 0 Å². The molecule has 4 amide bonds. The molecule has 13 nitrogen and oxygen atoms in total. The minimum Gasteiger partial charge on any atom is -0.457 e. The zero-order valence-corrected chi connectivity index (χ0v) is 27.9. The van der Waals surface area contributed by atoms with Crippen LogP contribution in [0.3, 0.4) is 0 Å². The van der Waals surface area contributed by atoms with E-state index in [0.717, 1.165) is 0 Å². The summed E-state index contributed by atoms with van der Waals surface area (Å²) in [5.41, 5.74) is -2.97. The zero-order chi connectivity index (χ0) is 34.2. The fraction of sp³-hybridized carbons (Fsp3) is 0.594. The molecule has 1 aromatic carbocycles. The molecule has 0 bridgehead atoms. The summed E-state index contributed by atoms with van der Waals surface area (Å²) in [5.74, 6) is -3.42. The lowest BCUT2D eigenvalue weighted by atomic mass is 9.85. The van der Waals surface area contributed by atoms with E-state index in [4.69, 9.17) is 9.47 Å². The monoisotopic (exact) mass is 660 g/mol. The normalized spacial score (nSPS) is 25.1. The maximum absolute atomic E-state index is 14.2. The van der Waals surface area contributed by atoms with Crippen LogP contribution in [0.1, 0.15) is 77.6 Å². The molecule has 3 aliphatic rings. The first-order valence-corrected chi connectivity index (χ1v) is 16.9. The third-order valence-corrected chi connectivity index (χ3v) is 9.97. The summed E-state index contributed by atoms with van der Waals surface area (Å²) in [6, 6.07) is 5.87. The van der Waals surface area contributed by atoms with Gasteiger partial charge in [-0.2, -0.15) is 0 Å². The number of rotatable bonds is 10. The van der Waals surface area contributed by atoms with Gasteiger partial charge in [0.05, 0.1) is 17.4 Å². The van der Waals surface area contributed by atoms with Crippen LogP contribution >= 0.6 is 0 Å². The Balaban J connectivity index is 1.60. The van der Waals surface area contributed by atoms with Crippen LogP contribution in [0.15, 0.2) is 43.0 Å². The van der Waals surface area contributed by atoms with Crippen LogP contribution in [0.5, 0.6) is 0 Å². The third kappa shape index (κ3) is 8.06. The maximum Gasteiger partial charge on any atom is 0.408 e. The van der Waals surface area contributed by atoms with Gasteiger partial charge in [-0.15, -0.1) is 6.58 Å². The van der Waals surface area contributed by atoms with Crippen molar-refractivity contribution in [2.45, 2.75) is 102 Å². The number of likely N-dealkylation sites (tertiary alicyclic amines) is 1. The predicted molar refractivity (Wildman–Crippen MR) is 168 cm³/mol. The van der Waals surface area contributed by atoms with E-state index in [9.17, 15) is 32.4 Å². The molecule has 1 heterocycles. The van der Waals surface area contributed by atoms with Gasteiger partial charge >= 0.3 is 12.1 Å². The number of hydrogen-bond donors (Lipinski definition) is 3. The summed E-state index contributed by atoms with van der Waals surface area (Å²) in [7, 11) is -3.90. The van der Waals surface area contributed by atoms with Gasteiger partial charge in [0.1, 0.15) is 29.3 Å². The molecule has 1 aliphatic heterocycles. The van der Waals surface area contributed by atoms with Gasteiger partial charge in [-0.05, 0) is 57.6 Å². The Morgan fingerprint density at radius 2 is 1.67 bits per heavy atom. The lowest BCUT2D eigenvalue weighted by Gasteiger charge is -2.36. The van der Waals surface area contributed by atoms with Gasteiger partial charge in [-0.25, -0.2) is 18.0 Å². The summed E-state index contributed by atoms with van der Waals surface area (Å²) in [6.07, 6.45) is 0.647. The van der Waals surface area contributed by atoms with Crippen LogP contribution in [0, 0.1) is 11.3 Å². The molecule has 0 radical (unpaired) electrons. The molecule has 3 N–H and O–H groups in total. The number of ether oxygens (including phenoxy) is 2. The van der Waals surface area contributed by atoms with Crippen molar-refractivity contribution in [2.75, 3.05) is 6.54 Å². The summed E-state index contributed by atoms with van der Waals surface area (Å²) < 4.78 is 38.3. The first-order valence-electron chi connectivity index (χ1n) is 15.3. The third-order valence-electron chi connectivity index (χ3n) is 8.15. The fourth-order valence-corrected chi connectivity index (χ4v) is 6.79. The Hall–Kier alpha value is -3.94. The largest absolute Gasteiger partial charge is 0.457 e. The molecule has 46 heavy (non-hydrogen) atoms. The number of alkyl carbamates (subject to hydrolysis) is 1. The van der Waals surface area contributed by atoms with E-state index in [0.29, 0.717) is 12.8 Å². The lowest BCUT2D eigenvalue weighted by molar-refractivity contribution is -0.143. The molecule has 4 rings (SSSR count). The van der Waals surface area contributed by atoms with Gasteiger partial charge in [0.2, 0.25) is 21.8 Å². The first-order chi connectivity index (χ1) is 21.3. The minimum atomic E-state index is -3.90. The van der Waals surface area contributed by atoms with Gasteiger partial charge in [0.15, 0.2) is 0 Å². The zero-order valence-electron chi connectivity index (χ0n) is 27.1. The SMILES string of the molecule is C=C[C@@H]1C[C@]1(NC(=O)[C@@H]1C[C@@H](OC(=O)c2ccccc2)CN1C(=O)[C@@H](NC(=O)OC(C)(C)C)C(C)(C)C)C(=O)NS(=O)(=O)C1CC1. The number of carbonyl (C=O) groups excluding carboxylic acids is 5. The van der Waals surface area contributed by atoms with Crippen molar-refractivity contribution in [1.82, 2.24) is 20.3 Å². The van der Waals surface area contributed by atoms with E-state index in [1.807, 2.05) is 0 Å². The van der Waals surface area contributed by atoms with Gasteiger partial charge < -0.3 is 25.0 Å². The van der Waals surface area contributed by atoms with Crippen LogP contribution < -0.4 is 15.4 Å². The van der Waals surface area contributed by atoms with Gasteiger partial charge in [0, 0.05) is 12.3 Å². The van der Waals surface area contributed by atoms with Crippen molar-refractivity contribution < 1.29 is 41.9 Å². The summed E-state index contributed by atoms with van der Waals surface area (Å²) >= 11 is 0. The highest BCUT2D eigenvalue weighted by Gasteiger charge is 2.62. The van der Waals surface area contributed by atoms with E-state index in [2.05, 4.69) is 21.9 Å². The Bertz CT molecular complexity index is 1500. The second-order valence-electron chi connectivity index (χ2n) is 14.3. The smallest absolute Gasteiger partial charge is 0.408 e. The van der Waals surface area contributed by atoms with Gasteiger partial charge in [-0.1, -0.05) is 45.0 Å². The highest BCUT2D eigenvalue weighted by Crippen LogP contribution is 2.45. The second kappa shape index (κ2) is 12.7. The van der Waals surface area contributed by atoms with E-state index < -0.39 is 85.7 Å². The average molecular weight is 661 g/mol. The topological polar surface area (TPSA) is 177 Å². The van der Waals surface area contributed by atoms with Gasteiger partial charge in [0.25, 0.3) is 5.91 Å². The van der Waals surface area contributed by atoms with Crippen molar-refractivity contribution in [3.05, 3.63) is 48.6 Å². The molecule has 2 saturated carbocycles. The molecular weight excluding hydrogens is 616 g/mol. The standard InChI is InChI=1S/C32H44N4O9S/c1-8-20-17-32(20,28(40)35-46(42,43)22-14-15-22)34-25(37)23-16-21(44-27(39)19-12-10-9-11-13-19)18-36(23)26(38)24(30(2,3)4)33-29(41)45-31(5,6)7/h8-13,20-24H,1,14-18H2,2-7H3,(H,33,41)(H,34,37)(H,35,40)/t20-,21-,23+,24-,32-/m1/s1. The maximum atomic E-state index is 14.2. The summed E-state index contributed by atoms with van der Waals surface area (Å²) in [5, 5.41) is 4.68. The number of hydrogen-bond acceptors (Lipinski definition) is 9. The molecule has 5 atom stereocenters. The predicted octanol–water partition coefficient (Wildman–Crippen LogP) is 2.42. The molecule has 2 aliphatic carbocycles. The highest BCUT2D eigenvalue weighted by molar-refractivity contribution is 7.91. The molecule has 0 aromatic heterocycles. The number of amides is 4. The molecule has 3 fully saturated rings. The molecule has 1 aromatic rings. The Morgan fingerprint density at radius 1 is 1.04 bits per heavy atom. The van der Waals surface area contributed by atoms with E-state index in [1.165, 1.54) is 11.0 Å². The van der Waals surface area contributed by atoms with Crippen LogP contribution in [-0.4, -0.2) is 84.2 Å². The van der Waals surface area contributed by atoms with E-state index in [1.54, 1.807) is 71.9 Å². The highest BCUT2D eigenvalue weighted by atomic mass is 32.2. The van der Waals surface area contributed by atoms with Crippen molar-refractivity contribution in [3.8, 4) is 0 Å². The molecule has 252 valence electrons. The van der Waals surface area contributed by atoms with E-state index in [-0.39, 0.29) is 24.9 Å². The summed E-state index contributed by atoms with van der Waals surface area (Å²) in [4.78, 5) is 68.3. The molecule has 1 saturated heterocycles. The Kier molecular flexibility index (Phi) is 9.63. The minimum absolute atomic E-state index is 0.101. The number of benzene rings is 1. The quantitative estimate of drug-likeness (QED) is 0.251. The van der Waals surface area contributed by atoms with Crippen LogP contribution in [0.4, 0.5) is 4.79 Å². The lowest BCUT2D eigenvalue weighted by Crippen LogP contribution is -2.60. The Labute approximate surface area is 269 Å². The van der Waals surface area contributed by atoms with Crippen molar-refractivity contribution in [3.63, 3.8) is 0 Å². The molecule has 0 spiro atoms.